The molecule has 0 fully saturated rings. The van der Waals surface area contributed by atoms with Crippen LogP contribution in [0.25, 0.3) is 0 Å². The van der Waals surface area contributed by atoms with Crippen LogP contribution in [0.15, 0.2) is 28.6 Å². The minimum Gasteiger partial charge on any atom is -0.368 e. The summed E-state index contributed by atoms with van der Waals surface area (Å²) in [4.78, 5) is 11.7. The molecule has 0 amide bonds. The molecule has 3 rings (SSSR count). The smallest absolute Gasteiger partial charge is 0.225 e. The highest BCUT2D eigenvalue weighted by atomic mass is 32.2. The summed E-state index contributed by atoms with van der Waals surface area (Å²) in [6.45, 7) is 0. The number of anilines is 4. The minimum atomic E-state index is -0.292. The van der Waals surface area contributed by atoms with E-state index in [4.69, 9.17) is 11.5 Å². The zero-order valence-electron chi connectivity index (χ0n) is 11.6. The van der Waals surface area contributed by atoms with Gasteiger partial charge in [-0.05, 0) is 24.3 Å². The van der Waals surface area contributed by atoms with E-state index in [0.717, 1.165) is 10.0 Å². The van der Waals surface area contributed by atoms with Gasteiger partial charge in [-0.15, -0.1) is 10.2 Å². The Kier molecular flexibility index (Phi) is 4.48. The minimum absolute atomic E-state index is 0.0871. The van der Waals surface area contributed by atoms with Crippen molar-refractivity contribution in [2.45, 2.75) is 10.1 Å². The zero-order valence-corrected chi connectivity index (χ0v) is 13.2. The van der Waals surface area contributed by atoms with E-state index in [2.05, 4.69) is 30.5 Å². The SMILES string of the molecule is Nc1nc(N)nc(CSc2nnc(Nc3ccc(F)cc3)s2)n1. The second-order valence-corrected chi connectivity index (χ2v) is 6.46. The summed E-state index contributed by atoms with van der Waals surface area (Å²) in [5, 5.41) is 11.7. The summed E-state index contributed by atoms with van der Waals surface area (Å²) < 4.78 is 13.6. The maximum absolute atomic E-state index is 12.9. The van der Waals surface area contributed by atoms with Gasteiger partial charge in [0.25, 0.3) is 0 Å². The largest absolute Gasteiger partial charge is 0.368 e. The number of halogens is 1. The first-order valence-electron chi connectivity index (χ1n) is 6.33. The average molecular weight is 350 g/mol. The van der Waals surface area contributed by atoms with Gasteiger partial charge in [-0.2, -0.15) is 15.0 Å². The van der Waals surface area contributed by atoms with E-state index in [0.29, 0.717) is 16.7 Å². The normalized spacial score (nSPS) is 10.7. The predicted molar refractivity (Wildman–Crippen MR) is 87.8 cm³/mol. The molecular formula is C12H11FN8S2. The molecule has 0 radical (unpaired) electrons. The third kappa shape index (κ3) is 4.23. The highest BCUT2D eigenvalue weighted by molar-refractivity contribution is 8.00. The van der Waals surface area contributed by atoms with Crippen LogP contribution < -0.4 is 16.8 Å². The van der Waals surface area contributed by atoms with E-state index in [1.54, 1.807) is 12.1 Å². The molecule has 0 saturated carbocycles. The number of nitrogen functional groups attached to an aromatic ring is 2. The van der Waals surface area contributed by atoms with Crippen LogP contribution in [0.5, 0.6) is 0 Å². The number of aromatic nitrogens is 5. The molecule has 3 aromatic rings. The standard InChI is InChI=1S/C12H11FN8S2/c13-6-1-3-7(4-2-6)16-11-20-21-12(23-11)22-5-8-17-9(14)19-10(15)18-8/h1-4H,5H2,(H,16,20)(H4,14,15,17,18,19). The first-order chi connectivity index (χ1) is 11.1. The maximum Gasteiger partial charge on any atom is 0.225 e. The molecule has 2 aromatic heterocycles. The third-order valence-electron chi connectivity index (χ3n) is 2.54. The van der Waals surface area contributed by atoms with E-state index >= 15 is 0 Å². The van der Waals surface area contributed by atoms with Gasteiger partial charge in [0.05, 0.1) is 5.75 Å². The maximum atomic E-state index is 12.9. The number of nitrogens with zero attached hydrogens (tertiary/aromatic N) is 5. The van der Waals surface area contributed by atoms with Gasteiger partial charge >= 0.3 is 0 Å². The third-order valence-corrected chi connectivity index (χ3v) is 4.51. The Morgan fingerprint density at radius 2 is 1.74 bits per heavy atom. The molecule has 11 heteroatoms. The number of hydrogen-bond donors (Lipinski definition) is 3. The molecule has 118 valence electrons. The lowest BCUT2D eigenvalue weighted by molar-refractivity contribution is 0.628. The number of nitrogens with one attached hydrogen (secondary N) is 1. The molecule has 0 bridgehead atoms. The fourth-order valence-corrected chi connectivity index (χ4v) is 3.25. The second-order valence-electron chi connectivity index (χ2n) is 4.26. The van der Waals surface area contributed by atoms with E-state index < -0.39 is 0 Å². The number of nitrogens with two attached hydrogens (primary N) is 2. The van der Waals surface area contributed by atoms with Crippen LogP contribution in [0.3, 0.4) is 0 Å². The molecule has 0 saturated heterocycles. The zero-order chi connectivity index (χ0) is 16.2. The van der Waals surface area contributed by atoms with E-state index in [1.165, 1.54) is 35.2 Å². The molecule has 23 heavy (non-hydrogen) atoms. The molecular weight excluding hydrogens is 339 g/mol. The van der Waals surface area contributed by atoms with Crippen LogP contribution in [0.4, 0.5) is 27.1 Å². The van der Waals surface area contributed by atoms with Gasteiger partial charge in [-0.25, -0.2) is 4.39 Å². The fourth-order valence-electron chi connectivity index (χ4n) is 1.62. The van der Waals surface area contributed by atoms with Crippen molar-refractivity contribution in [1.82, 2.24) is 25.1 Å². The van der Waals surface area contributed by atoms with E-state index in [1.807, 2.05) is 0 Å². The molecule has 0 spiro atoms. The lowest BCUT2D eigenvalue weighted by Crippen LogP contribution is -2.05. The first kappa shape index (κ1) is 15.4. The first-order valence-corrected chi connectivity index (χ1v) is 8.13. The average Bonchev–Trinajstić information content (AvgIpc) is 2.94. The van der Waals surface area contributed by atoms with E-state index in [9.17, 15) is 4.39 Å². The summed E-state index contributed by atoms with van der Waals surface area (Å²) in [6, 6.07) is 5.99. The van der Waals surface area contributed by atoms with Crippen LogP contribution in [0, 0.1) is 5.82 Å². The van der Waals surface area contributed by atoms with Crippen molar-refractivity contribution >= 4 is 45.8 Å². The summed E-state index contributed by atoms with van der Waals surface area (Å²) >= 11 is 2.77. The monoisotopic (exact) mass is 350 g/mol. The van der Waals surface area contributed by atoms with Crippen LogP contribution in [0.1, 0.15) is 5.82 Å². The number of hydrogen-bond acceptors (Lipinski definition) is 10. The quantitative estimate of drug-likeness (QED) is 0.592. The van der Waals surface area contributed by atoms with Gasteiger partial charge in [0, 0.05) is 5.69 Å². The Bertz CT molecular complexity index is 787. The number of thioether (sulfide) groups is 1. The Morgan fingerprint density at radius 3 is 2.43 bits per heavy atom. The second kappa shape index (κ2) is 6.71. The van der Waals surface area contributed by atoms with Crippen molar-refractivity contribution in [3.05, 3.63) is 35.9 Å². The summed E-state index contributed by atoms with van der Waals surface area (Å²) in [5.74, 6) is 0.804. The van der Waals surface area contributed by atoms with Gasteiger partial charge in [-0.3, -0.25) is 0 Å². The van der Waals surface area contributed by atoms with Gasteiger partial charge in [0.15, 0.2) is 4.34 Å². The van der Waals surface area contributed by atoms with Crippen molar-refractivity contribution in [1.29, 1.82) is 0 Å². The molecule has 0 atom stereocenters. The van der Waals surface area contributed by atoms with Gasteiger partial charge in [0.1, 0.15) is 11.6 Å². The van der Waals surface area contributed by atoms with E-state index in [-0.39, 0.29) is 17.7 Å². The van der Waals surface area contributed by atoms with Gasteiger partial charge in [-0.1, -0.05) is 23.1 Å². The van der Waals surface area contributed by atoms with Crippen molar-refractivity contribution in [3.8, 4) is 0 Å². The Balaban J connectivity index is 1.61. The summed E-state index contributed by atoms with van der Waals surface area (Å²) in [7, 11) is 0. The molecule has 0 aliphatic carbocycles. The molecule has 0 aliphatic heterocycles. The number of rotatable bonds is 5. The molecule has 0 aliphatic rings. The lowest BCUT2D eigenvalue weighted by atomic mass is 10.3. The number of benzene rings is 1. The Hall–Kier alpha value is -2.53. The molecule has 2 heterocycles. The predicted octanol–water partition coefficient (Wildman–Crippen LogP) is 2.06. The Morgan fingerprint density at radius 1 is 1.04 bits per heavy atom. The van der Waals surface area contributed by atoms with Crippen LogP contribution in [-0.2, 0) is 5.75 Å². The molecule has 5 N–H and O–H groups in total. The lowest BCUT2D eigenvalue weighted by Gasteiger charge is -2.00. The van der Waals surface area contributed by atoms with Crippen LogP contribution in [0.2, 0.25) is 0 Å². The van der Waals surface area contributed by atoms with Crippen molar-refractivity contribution < 1.29 is 4.39 Å². The van der Waals surface area contributed by atoms with Crippen LogP contribution in [-0.4, -0.2) is 25.1 Å². The van der Waals surface area contributed by atoms with Crippen molar-refractivity contribution in [2.24, 2.45) is 0 Å². The molecule has 1 aromatic carbocycles. The Labute approximate surface area is 138 Å². The molecule has 8 nitrogen and oxygen atoms in total. The van der Waals surface area contributed by atoms with Gasteiger partial charge in [0.2, 0.25) is 17.0 Å². The highest BCUT2D eigenvalue weighted by Crippen LogP contribution is 2.29. The van der Waals surface area contributed by atoms with Crippen LogP contribution >= 0.6 is 23.1 Å². The van der Waals surface area contributed by atoms with Gasteiger partial charge < -0.3 is 16.8 Å². The summed E-state index contributed by atoms with van der Waals surface area (Å²) in [6.07, 6.45) is 0. The fraction of sp³-hybridized carbons (Fsp3) is 0.0833. The summed E-state index contributed by atoms with van der Waals surface area (Å²) in [5.41, 5.74) is 11.8. The molecule has 0 unspecified atom stereocenters. The van der Waals surface area contributed by atoms with Crippen molar-refractivity contribution in [3.63, 3.8) is 0 Å². The van der Waals surface area contributed by atoms with Crippen molar-refractivity contribution in [2.75, 3.05) is 16.8 Å². The topological polar surface area (TPSA) is 129 Å². The highest BCUT2D eigenvalue weighted by Gasteiger charge is 2.08.